The number of benzene rings is 1. The number of hydrogen-bond donors (Lipinski definition) is 0. The minimum atomic E-state index is -3.28. The van der Waals surface area contributed by atoms with Crippen molar-refractivity contribution in [2.24, 2.45) is 0 Å². The standard InChI is InChI=1S/C19H27ClN2O4S/c1-19(2,3)26-18(23)22-8-5-6-17(22)15-11-14(20)10-13-7-9-21(12-16(13)15)27(4,24)25/h10-11,17H,5-9,12H2,1-4H3. The first-order valence-electron chi connectivity index (χ1n) is 9.21. The van der Waals surface area contributed by atoms with E-state index < -0.39 is 15.6 Å². The summed E-state index contributed by atoms with van der Waals surface area (Å²) in [7, 11) is -3.28. The molecule has 150 valence electrons. The highest BCUT2D eigenvalue weighted by Crippen LogP contribution is 2.39. The molecule has 1 aromatic rings. The topological polar surface area (TPSA) is 66.9 Å². The molecule has 1 unspecified atom stereocenters. The zero-order valence-corrected chi connectivity index (χ0v) is 17.9. The number of rotatable bonds is 2. The normalized spacial score (nSPS) is 21.2. The molecule has 1 aromatic carbocycles. The number of sulfonamides is 1. The van der Waals surface area contributed by atoms with Gasteiger partial charge in [-0.2, -0.15) is 4.31 Å². The van der Waals surface area contributed by atoms with Crippen molar-refractivity contribution in [2.45, 2.75) is 58.2 Å². The molecule has 0 bridgehead atoms. The Morgan fingerprint density at radius 3 is 2.59 bits per heavy atom. The minimum absolute atomic E-state index is 0.146. The Labute approximate surface area is 166 Å². The first-order valence-corrected chi connectivity index (χ1v) is 11.4. The molecule has 0 aliphatic carbocycles. The number of carbonyl (C=O) groups excluding carboxylic acids is 1. The summed E-state index contributed by atoms with van der Waals surface area (Å²) in [6, 6.07) is 3.64. The van der Waals surface area contributed by atoms with Crippen molar-refractivity contribution >= 4 is 27.7 Å². The Morgan fingerprint density at radius 2 is 1.96 bits per heavy atom. The molecular formula is C19H27ClN2O4S. The molecule has 2 heterocycles. The maximum absolute atomic E-state index is 12.7. The van der Waals surface area contributed by atoms with Crippen molar-refractivity contribution in [3.8, 4) is 0 Å². The van der Waals surface area contributed by atoms with Gasteiger partial charge in [-0.15, -0.1) is 0 Å². The fourth-order valence-corrected chi connectivity index (χ4v) is 4.88. The lowest BCUT2D eigenvalue weighted by Crippen LogP contribution is -2.38. The molecule has 1 atom stereocenters. The Hall–Kier alpha value is -1.31. The number of amides is 1. The van der Waals surface area contributed by atoms with Gasteiger partial charge in [-0.25, -0.2) is 13.2 Å². The third kappa shape index (κ3) is 4.58. The van der Waals surface area contributed by atoms with E-state index in [1.807, 2.05) is 32.9 Å². The van der Waals surface area contributed by atoms with Crippen molar-refractivity contribution in [3.05, 3.63) is 33.8 Å². The summed E-state index contributed by atoms with van der Waals surface area (Å²) in [6.45, 7) is 6.94. The van der Waals surface area contributed by atoms with Crippen LogP contribution < -0.4 is 0 Å². The SMILES string of the molecule is CC(C)(C)OC(=O)N1CCCC1c1cc(Cl)cc2c1CN(S(C)(=O)=O)CC2. The van der Waals surface area contributed by atoms with E-state index in [0.29, 0.717) is 31.1 Å². The Bertz CT molecular complexity index is 848. The molecule has 1 amide bonds. The lowest BCUT2D eigenvalue weighted by molar-refractivity contribution is 0.0223. The molecule has 0 spiro atoms. The molecule has 1 saturated heterocycles. The van der Waals surface area contributed by atoms with E-state index in [1.54, 1.807) is 4.90 Å². The van der Waals surface area contributed by atoms with E-state index >= 15 is 0 Å². The van der Waals surface area contributed by atoms with Gasteiger partial charge in [0, 0.05) is 24.7 Å². The van der Waals surface area contributed by atoms with Gasteiger partial charge in [0.15, 0.2) is 0 Å². The van der Waals surface area contributed by atoms with E-state index in [-0.39, 0.29) is 12.1 Å². The second kappa shape index (κ2) is 7.26. The van der Waals surface area contributed by atoms with Gasteiger partial charge >= 0.3 is 6.09 Å². The van der Waals surface area contributed by atoms with Crippen LogP contribution in [-0.4, -0.2) is 48.7 Å². The van der Waals surface area contributed by atoms with Gasteiger partial charge < -0.3 is 9.64 Å². The van der Waals surface area contributed by atoms with Crippen LogP contribution in [0.25, 0.3) is 0 Å². The van der Waals surface area contributed by atoms with Gasteiger partial charge in [-0.1, -0.05) is 11.6 Å². The Balaban J connectivity index is 1.97. The zero-order valence-electron chi connectivity index (χ0n) is 16.3. The number of fused-ring (bicyclic) bond motifs is 1. The second-order valence-electron chi connectivity index (χ2n) is 8.31. The second-order valence-corrected chi connectivity index (χ2v) is 10.7. The predicted molar refractivity (Wildman–Crippen MR) is 105 cm³/mol. The molecular weight excluding hydrogens is 388 g/mol. The predicted octanol–water partition coefficient (Wildman–Crippen LogP) is 3.73. The van der Waals surface area contributed by atoms with Crippen LogP contribution in [0.15, 0.2) is 12.1 Å². The van der Waals surface area contributed by atoms with Crippen LogP contribution in [0.2, 0.25) is 5.02 Å². The van der Waals surface area contributed by atoms with Crippen LogP contribution in [0.4, 0.5) is 4.79 Å². The largest absolute Gasteiger partial charge is 0.444 e. The molecule has 2 aliphatic rings. The number of hydrogen-bond acceptors (Lipinski definition) is 4. The molecule has 0 N–H and O–H groups in total. The highest BCUT2D eigenvalue weighted by atomic mass is 35.5. The Morgan fingerprint density at radius 1 is 1.26 bits per heavy atom. The van der Waals surface area contributed by atoms with Crippen molar-refractivity contribution in [3.63, 3.8) is 0 Å². The fraction of sp³-hybridized carbons (Fsp3) is 0.632. The van der Waals surface area contributed by atoms with Crippen LogP contribution in [0.3, 0.4) is 0 Å². The average molecular weight is 415 g/mol. The molecule has 6 nitrogen and oxygen atoms in total. The van der Waals surface area contributed by atoms with Gasteiger partial charge in [0.25, 0.3) is 0 Å². The number of nitrogens with zero attached hydrogens (tertiary/aromatic N) is 2. The summed E-state index contributed by atoms with van der Waals surface area (Å²) in [6.07, 6.45) is 3.20. The monoisotopic (exact) mass is 414 g/mol. The molecule has 2 aliphatic heterocycles. The molecule has 0 saturated carbocycles. The van der Waals surface area contributed by atoms with Gasteiger partial charge in [-0.3, -0.25) is 0 Å². The third-order valence-electron chi connectivity index (χ3n) is 5.02. The first-order chi connectivity index (χ1) is 12.5. The first kappa shape index (κ1) is 20.4. The summed E-state index contributed by atoms with van der Waals surface area (Å²) in [5, 5.41) is 0.618. The van der Waals surface area contributed by atoms with Crippen molar-refractivity contribution in [2.75, 3.05) is 19.3 Å². The Kier molecular flexibility index (Phi) is 5.49. The number of halogens is 1. The third-order valence-corrected chi connectivity index (χ3v) is 6.48. The van der Waals surface area contributed by atoms with Gasteiger partial charge in [0.05, 0.1) is 12.3 Å². The maximum atomic E-state index is 12.7. The van der Waals surface area contributed by atoms with Crippen LogP contribution in [-0.2, 0) is 27.7 Å². The van der Waals surface area contributed by atoms with E-state index in [9.17, 15) is 13.2 Å². The van der Waals surface area contributed by atoms with Crippen molar-refractivity contribution in [1.82, 2.24) is 9.21 Å². The van der Waals surface area contributed by atoms with Crippen molar-refractivity contribution < 1.29 is 17.9 Å². The lowest BCUT2D eigenvalue weighted by Gasteiger charge is -2.33. The highest BCUT2D eigenvalue weighted by Gasteiger charge is 2.36. The summed E-state index contributed by atoms with van der Waals surface area (Å²) >= 11 is 6.35. The van der Waals surface area contributed by atoms with E-state index in [1.165, 1.54) is 10.6 Å². The molecule has 8 heteroatoms. The zero-order chi connectivity index (χ0) is 20.0. The van der Waals surface area contributed by atoms with Gasteiger partial charge in [-0.05, 0) is 68.9 Å². The van der Waals surface area contributed by atoms with Gasteiger partial charge in [0.2, 0.25) is 10.0 Å². The van der Waals surface area contributed by atoms with Crippen LogP contribution >= 0.6 is 11.6 Å². The summed E-state index contributed by atoms with van der Waals surface area (Å²) in [5.74, 6) is 0. The molecule has 27 heavy (non-hydrogen) atoms. The van der Waals surface area contributed by atoms with Gasteiger partial charge in [0.1, 0.15) is 5.60 Å². The minimum Gasteiger partial charge on any atom is -0.444 e. The van der Waals surface area contributed by atoms with Crippen LogP contribution in [0, 0.1) is 0 Å². The lowest BCUT2D eigenvalue weighted by atomic mass is 9.91. The quantitative estimate of drug-likeness (QED) is 0.739. The summed E-state index contributed by atoms with van der Waals surface area (Å²) < 4.78 is 31.1. The maximum Gasteiger partial charge on any atom is 0.410 e. The molecule has 0 aromatic heterocycles. The van der Waals surface area contributed by atoms with Crippen LogP contribution in [0.5, 0.6) is 0 Å². The highest BCUT2D eigenvalue weighted by molar-refractivity contribution is 7.88. The van der Waals surface area contributed by atoms with Crippen LogP contribution in [0.1, 0.15) is 56.3 Å². The van der Waals surface area contributed by atoms with Crippen molar-refractivity contribution in [1.29, 1.82) is 0 Å². The average Bonchev–Trinajstić information content (AvgIpc) is 3.00. The molecule has 3 rings (SSSR count). The summed E-state index contributed by atoms with van der Waals surface area (Å²) in [4.78, 5) is 14.4. The van der Waals surface area contributed by atoms with E-state index in [2.05, 4.69) is 0 Å². The number of ether oxygens (including phenoxy) is 1. The number of likely N-dealkylation sites (tertiary alicyclic amines) is 1. The fourth-order valence-electron chi connectivity index (χ4n) is 3.84. The molecule has 0 radical (unpaired) electrons. The van der Waals surface area contributed by atoms with E-state index in [0.717, 1.165) is 29.5 Å². The number of carbonyl (C=O) groups is 1. The smallest absolute Gasteiger partial charge is 0.410 e. The van der Waals surface area contributed by atoms with E-state index in [4.69, 9.17) is 16.3 Å². The summed E-state index contributed by atoms with van der Waals surface area (Å²) in [5.41, 5.74) is 2.41. The molecule has 1 fully saturated rings.